The molecule has 0 saturated heterocycles. The molecule has 1 aromatic heterocycles. The Bertz CT molecular complexity index is 802. The maximum absolute atomic E-state index is 13.5. The van der Waals surface area contributed by atoms with E-state index < -0.39 is 11.7 Å². The highest BCUT2D eigenvalue weighted by molar-refractivity contribution is 6.33. The lowest BCUT2D eigenvalue weighted by Crippen LogP contribution is -2.31. The van der Waals surface area contributed by atoms with E-state index in [1.807, 2.05) is 24.3 Å². The Morgan fingerprint density at radius 2 is 2.04 bits per heavy atom. The van der Waals surface area contributed by atoms with Crippen molar-refractivity contribution in [1.82, 2.24) is 4.98 Å². The second-order valence-electron chi connectivity index (χ2n) is 6.14. The molecule has 1 aliphatic carbocycles. The number of anilines is 1. The van der Waals surface area contributed by atoms with Crippen LogP contribution in [0.5, 0.6) is 0 Å². The molecule has 0 radical (unpaired) electrons. The number of hydrogen-bond acceptors (Lipinski definition) is 2. The highest BCUT2D eigenvalue weighted by Crippen LogP contribution is 2.54. The van der Waals surface area contributed by atoms with Crippen molar-refractivity contribution in [1.29, 1.82) is 0 Å². The molecular formula is C18H14ClF3N2. The molecule has 1 N–H and O–H groups in total. The number of halogens is 4. The van der Waals surface area contributed by atoms with Crippen LogP contribution in [0, 0.1) is 5.92 Å². The van der Waals surface area contributed by atoms with Gasteiger partial charge in [-0.1, -0.05) is 29.8 Å². The Morgan fingerprint density at radius 3 is 2.75 bits per heavy atom. The average Bonchev–Trinajstić information content (AvgIpc) is 3.04. The molecule has 0 bridgehead atoms. The lowest BCUT2D eigenvalue weighted by molar-refractivity contribution is -0.138. The minimum atomic E-state index is -4.40. The van der Waals surface area contributed by atoms with E-state index in [4.69, 9.17) is 11.6 Å². The van der Waals surface area contributed by atoms with Crippen molar-refractivity contribution in [3.05, 3.63) is 70.5 Å². The van der Waals surface area contributed by atoms with Gasteiger partial charge in [-0.2, -0.15) is 13.2 Å². The lowest BCUT2D eigenvalue weighted by Gasteiger charge is -2.39. The average molecular weight is 351 g/mol. The van der Waals surface area contributed by atoms with Gasteiger partial charge in [0.25, 0.3) is 0 Å². The van der Waals surface area contributed by atoms with E-state index in [1.54, 1.807) is 12.4 Å². The number of pyridine rings is 1. The first-order chi connectivity index (χ1) is 11.5. The molecule has 0 fully saturated rings. The van der Waals surface area contributed by atoms with Gasteiger partial charge in [0.2, 0.25) is 0 Å². The molecule has 0 amide bonds. The Hall–Kier alpha value is -2.01. The fourth-order valence-electron chi connectivity index (χ4n) is 3.81. The number of aromatic nitrogens is 1. The Morgan fingerprint density at radius 1 is 1.21 bits per heavy atom. The van der Waals surface area contributed by atoms with Gasteiger partial charge in [0.15, 0.2) is 0 Å². The Labute approximate surface area is 142 Å². The molecule has 0 saturated carbocycles. The number of benzene rings is 1. The van der Waals surface area contributed by atoms with Gasteiger partial charge in [0.05, 0.1) is 22.3 Å². The number of nitrogens with zero attached hydrogens (tertiary/aromatic N) is 1. The molecule has 1 aromatic carbocycles. The number of allylic oxidation sites excluding steroid dienone is 2. The van der Waals surface area contributed by atoms with Crippen molar-refractivity contribution in [2.75, 3.05) is 5.32 Å². The number of rotatable bonds is 1. The molecule has 4 rings (SSSR count). The first kappa shape index (κ1) is 15.5. The highest BCUT2D eigenvalue weighted by atomic mass is 35.5. The van der Waals surface area contributed by atoms with E-state index in [2.05, 4.69) is 10.3 Å². The minimum absolute atomic E-state index is 0.0151. The summed E-state index contributed by atoms with van der Waals surface area (Å²) < 4.78 is 40.4. The first-order valence-electron chi connectivity index (χ1n) is 7.69. The van der Waals surface area contributed by atoms with Gasteiger partial charge in [-0.25, -0.2) is 0 Å². The zero-order valence-electron chi connectivity index (χ0n) is 12.5. The van der Waals surface area contributed by atoms with Crippen molar-refractivity contribution in [3.8, 4) is 0 Å². The summed E-state index contributed by atoms with van der Waals surface area (Å²) in [6, 6.07) is 6.04. The molecule has 24 heavy (non-hydrogen) atoms. The number of fused-ring (bicyclic) bond motifs is 3. The van der Waals surface area contributed by atoms with E-state index >= 15 is 0 Å². The minimum Gasteiger partial charge on any atom is -0.376 e. The number of hydrogen-bond donors (Lipinski definition) is 1. The molecular weight excluding hydrogens is 337 g/mol. The molecule has 2 aromatic rings. The van der Waals surface area contributed by atoms with Gasteiger partial charge in [0.1, 0.15) is 0 Å². The zero-order valence-corrected chi connectivity index (χ0v) is 13.3. The first-order valence-corrected chi connectivity index (χ1v) is 8.07. The summed E-state index contributed by atoms with van der Waals surface area (Å²) in [6.07, 6.45) is 3.58. The van der Waals surface area contributed by atoms with E-state index in [-0.39, 0.29) is 23.4 Å². The fourth-order valence-corrected chi connectivity index (χ4v) is 4.03. The summed E-state index contributed by atoms with van der Waals surface area (Å²) in [5.74, 6) is -0.289. The van der Waals surface area contributed by atoms with Gasteiger partial charge in [0, 0.05) is 18.3 Å². The molecule has 6 heteroatoms. The summed E-state index contributed by atoms with van der Waals surface area (Å²) in [7, 11) is 0. The van der Waals surface area contributed by atoms with Crippen LogP contribution in [0.25, 0.3) is 0 Å². The van der Waals surface area contributed by atoms with Crippen molar-refractivity contribution in [3.63, 3.8) is 0 Å². The van der Waals surface area contributed by atoms with E-state index in [9.17, 15) is 13.2 Å². The maximum atomic E-state index is 13.5. The lowest BCUT2D eigenvalue weighted by atomic mass is 9.75. The van der Waals surface area contributed by atoms with Crippen LogP contribution >= 0.6 is 11.6 Å². The number of nitrogens with one attached hydrogen (secondary N) is 1. The summed E-state index contributed by atoms with van der Waals surface area (Å²) in [5, 5.41) is 3.56. The zero-order chi connectivity index (χ0) is 16.9. The van der Waals surface area contributed by atoms with Crippen LogP contribution in [-0.4, -0.2) is 4.98 Å². The predicted molar refractivity (Wildman–Crippen MR) is 87.0 cm³/mol. The molecule has 2 nitrogen and oxygen atoms in total. The van der Waals surface area contributed by atoms with Crippen molar-refractivity contribution in [2.24, 2.45) is 5.92 Å². The predicted octanol–water partition coefficient (Wildman–Crippen LogP) is 5.58. The summed E-state index contributed by atoms with van der Waals surface area (Å²) in [5.41, 5.74) is 0.984. The van der Waals surface area contributed by atoms with E-state index in [0.29, 0.717) is 10.7 Å². The van der Waals surface area contributed by atoms with Crippen molar-refractivity contribution < 1.29 is 13.2 Å². The van der Waals surface area contributed by atoms with E-state index in [0.717, 1.165) is 18.1 Å². The topological polar surface area (TPSA) is 24.9 Å². The summed E-state index contributed by atoms with van der Waals surface area (Å²) >= 11 is 6.24. The fraction of sp³-hybridized carbons (Fsp3) is 0.278. The molecule has 2 heterocycles. The number of alkyl halides is 3. The third-order valence-corrected chi connectivity index (χ3v) is 5.13. The van der Waals surface area contributed by atoms with Crippen LogP contribution in [0.3, 0.4) is 0 Å². The van der Waals surface area contributed by atoms with Crippen LogP contribution < -0.4 is 5.32 Å². The van der Waals surface area contributed by atoms with Gasteiger partial charge in [-0.15, -0.1) is 0 Å². The van der Waals surface area contributed by atoms with Crippen molar-refractivity contribution >= 4 is 17.3 Å². The highest BCUT2D eigenvalue weighted by Gasteiger charge is 2.44. The van der Waals surface area contributed by atoms with Crippen LogP contribution in [0.2, 0.25) is 5.02 Å². The van der Waals surface area contributed by atoms with Crippen LogP contribution in [0.15, 0.2) is 48.8 Å². The molecule has 1 aliphatic heterocycles. The second-order valence-corrected chi connectivity index (χ2v) is 6.55. The van der Waals surface area contributed by atoms with Crippen LogP contribution in [-0.2, 0) is 6.18 Å². The van der Waals surface area contributed by atoms with Gasteiger partial charge >= 0.3 is 6.18 Å². The van der Waals surface area contributed by atoms with Crippen LogP contribution in [0.1, 0.15) is 35.1 Å². The third kappa shape index (κ3) is 2.38. The molecule has 3 atom stereocenters. The van der Waals surface area contributed by atoms with Gasteiger partial charge in [-0.3, -0.25) is 4.98 Å². The largest absolute Gasteiger partial charge is 0.416 e. The van der Waals surface area contributed by atoms with Gasteiger partial charge < -0.3 is 5.32 Å². The maximum Gasteiger partial charge on any atom is 0.416 e. The smallest absolute Gasteiger partial charge is 0.376 e. The second kappa shape index (κ2) is 5.52. The molecule has 124 valence electrons. The third-order valence-electron chi connectivity index (χ3n) is 4.82. The Balaban J connectivity index is 1.89. The van der Waals surface area contributed by atoms with E-state index in [1.165, 1.54) is 6.07 Å². The molecule has 0 unspecified atom stereocenters. The standard InChI is InChI=1S/C18H14ClF3N2/c19-14-7-6-13(18(20,21)22)15-11-4-1-5-12(11)16(24-17(14)15)10-3-2-8-23-9-10/h1-4,6-9,11-12,16,24H,5H2/t11-,12-,16-/m1/s1. The SMILES string of the molecule is FC(F)(F)c1ccc(Cl)c2c1[C@@H]1C=CC[C@H]1[C@@H](c1cccnc1)N2. The summed E-state index contributed by atoms with van der Waals surface area (Å²) in [6.45, 7) is 0. The normalized spacial score (nSPS) is 25.1. The quantitative estimate of drug-likeness (QED) is 0.679. The molecule has 0 spiro atoms. The van der Waals surface area contributed by atoms with Crippen molar-refractivity contribution in [2.45, 2.75) is 24.6 Å². The summed E-state index contributed by atoms with van der Waals surface area (Å²) in [4.78, 5) is 4.14. The van der Waals surface area contributed by atoms with Gasteiger partial charge in [-0.05, 0) is 41.7 Å². The Kier molecular flexibility index (Phi) is 3.57. The molecule has 2 aliphatic rings. The van der Waals surface area contributed by atoms with Crippen LogP contribution in [0.4, 0.5) is 18.9 Å². The monoisotopic (exact) mass is 350 g/mol.